The van der Waals surface area contributed by atoms with Crippen LogP contribution in [0.4, 0.5) is 11.4 Å². The fourth-order valence-electron chi connectivity index (χ4n) is 5.16. The molecule has 0 spiro atoms. The highest BCUT2D eigenvalue weighted by Crippen LogP contribution is 2.32. The number of fused-ring (bicyclic) bond motifs is 1. The molecule has 0 saturated heterocycles. The molecule has 1 N–H and O–H groups in total. The van der Waals surface area contributed by atoms with E-state index < -0.39 is 11.0 Å². The molecule has 1 amide bonds. The number of nitro groups is 1. The lowest BCUT2D eigenvalue weighted by molar-refractivity contribution is -0.384. The summed E-state index contributed by atoms with van der Waals surface area (Å²) in [6.45, 7) is 2.00. The molecular weight excluding hydrogens is 604 g/mol. The van der Waals surface area contributed by atoms with Gasteiger partial charge in [-0.15, -0.1) is 0 Å². The van der Waals surface area contributed by atoms with E-state index in [-0.39, 0.29) is 23.8 Å². The molecule has 0 fully saturated rings. The van der Waals surface area contributed by atoms with Crippen LogP contribution in [0.2, 0.25) is 0 Å². The predicted octanol–water partition coefficient (Wildman–Crippen LogP) is 5.37. The third kappa shape index (κ3) is 6.35. The monoisotopic (exact) mass is 632 g/mol. The maximum atomic E-state index is 14.1. The van der Waals surface area contributed by atoms with Gasteiger partial charge in [0.1, 0.15) is 18.1 Å². The van der Waals surface area contributed by atoms with Crippen LogP contribution in [0.15, 0.2) is 124 Å². The Balaban J connectivity index is 1.35. The summed E-state index contributed by atoms with van der Waals surface area (Å²) < 4.78 is 13.3. The number of carbonyl (C=O) groups excluding carboxylic acids is 1. The van der Waals surface area contributed by atoms with Crippen molar-refractivity contribution < 1.29 is 19.2 Å². The summed E-state index contributed by atoms with van der Waals surface area (Å²) in [6, 6.07) is 29.2. The molecule has 10 nitrogen and oxygen atoms in total. The van der Waals surface area contributed by atoms with E-state index in [4.69, 9.17) is 14.5 Å². The van der Waals surface area contributed by atoms with E-state index in [1.165, 1.54) is 23.5 Å². The highest BCUT2D eigenvalue weighted by molar-refractivity contribution is 7.07. The molecule has 0 radical (unpaired) electrons. The summed E-state index contributed by atoms with van der Waals surface area (Å²) in [5.41, 5.74) is 3.52. The molecule has 4 aromatic carbocycles. The molecule has 0 aliphatic carbocycles. The number of hydrogen-bond donors (Lipinski definition) is 1. The molecule has 5 aromatic rings. The Morgan fingerprint density at radius 1 is 1.00 bits per heavy atom. The van der Waals surface area contributed by atoms with Crippen molar-refractivity contribution in [3.8, 4) is 11.5 Å². The molecule has 46 heavy (non-hydrogen) atoms. The van der Waals surface area contributed by atoms with Crippen LogP contribution in [-0.2, 0) is 11.4 Å². The van der Waals surface area contributed by atoms with Crippen LogP contribution >= 0.6 is 11.3 Å². The summed E-state index contributed by atoms with van der Waals surface area (Å²) in [5, 5.41) is 13.9. The first-order chi connectivity index (χ1) is 22.3. The standard InChI is InChI=1S/C35H28N4O6S/c1-22-31(33(40)37-26-8-4-3-5-9-26)32(25-13-17-28(44-2)18-14-25)38-34(41)30(46-35(38)36-22)20-24-7-6-10-29(19-24)45-21-23-11-15-27(16-12-23)39(42)43/h3-20,32H,21H2,1-2H3,(H,37,40)/b30-20+/t32-/m0/s1. The van der Waals surface area contributed by atoms with Crippen LogP contribution in [0.25, 0.3) is 6.08 Å². The zero-order valence-electron chi connectivity index (χ0n) is 24.9. The van der Waals surface area contributed by atoms with Gasteiger partial charge in [-0.05, 0) is 78.2 Å². The largest absolute Gasteiger partial charge is 0.497 e. The molecule has 1 aromatic heterocycles. The van der Waals surface area contributed by atoms with Crippen molar-refractivity contribution in [3.63, 3.8) is 0 Å². The van der Waals surface area contributed by atoms with Crippen LogP contribution in [0.5, 0.6) is 11.5 Å². The number of benzene rings is 4. The second kappa shape index (κ2) is 13.0. The van der Waals surface area contributed by atoms with Gasteiger partial charge in [0.15, 0.2) is 4.80 Å². The lowest BCUT2D eigenvalue weighted by Gasteiger charge is -2.25. The van der Waals surface area contributed by atoms with E-state index in [2.05, 4.69) is 5.32 Å². The maximum absolute atomic E-state index is 14.1. The zero-order valence-corrected chi connectivity index (χ0v) is 25.7. The minimum absolute atomic E-state index is 0.0144. The smallest absolute Gasteiger partial charge is 0.271 e. The van der Waals surface area contributed by atoms with Gasteiger partial charge in [-0.3, -0.25) is 24.3 Å². The number of nitrogens with one attached hydrogen (secondary N) is 1. The van der Waals surface area contributed by atoms with Gasteiger partial charge in [-0.2, -0.15) is 0 Å². The summed E-state index contributed by atoms with van der Waals surface area (Å²) >= 11 is 1.25. The summed E-state index contributed by atoms with van der Waals surface area (Å²) in [4.78, 5) is 43.5. The molecule has 1 aliphatic heterocycles. The molecular formula is C35H28N4O6S. The Kier molecular flexibility index (Phi) is 8.57. The normalized spacial score (nSPS) is 14.3. The summed E-state index contributed by atoms with van der Waals surface area (Å²) in [5.74, 6) is 0.884. The number of allylic oxidation sites excluding steroid dienone is 1. The number of carbonyl (C=O) groups is 1. The number of hydrogen-bond acceptors (Lipinski definition) is 8. The van der Waals surface area contributed by atoms with Gasteiger partial charge >= 0.3 is 0 Å². The minimum Gasteiger partial charge on any atom is -0.497 e. The zero-order chi connectivity index (χ0) is 32.2. The van der Waals surface area contributed by atoms with Crippen LogP contribution in [0.1, 0.15) is 29.7 Å². The van der Waals surface area contributed by atoms with E-state index >= 15 is 0 Å². The third-order valence-corrected chi connectivity index (χ3v) is 8.42. The Bertz CT molecular complexity index is 2140. The van der Waals surface area contributed by atoms with Gasteiger partial charge in [0.05, 0.1) is 33.9 Å². The quantitative estimate of drug-likeness (QED) is 0.172. The summed E-state index contributed by atoms with van der Waals surface area (Å²) in [7, 11) is 1.58. The highest BCUT2D eigenvalue weighted by atomic mass is 32.1. The number of amides is 1. The Morgan fingerprint density at radius 3 is 2.43 bits per heavy atom. The third-order valence-electron chi connectivity index (χ3n) is 7.44. The Labute approximate surface area is 267 Å². The second-order valence-corrected chi connectivity index (χ2v) is 11.5. The first-order valence-corrected chi connectivity index (χ1v) is 15.1. The number of aromatic nitrogens is 1. The number of nitrogens with zero attached hydrogens (tertiary/aromatic N) is 3. The van der Waals surface area contributed by atoms with Gasteiger partial charge in [0.2, 0.25) is 0 Å². The van der Waals surface area contributed by atoms with Crippen LogP contribution in [-0.4, -0.2) is 22.5 Å². The lowest BCUT2D eigenvalue weighted by atomic mass is 9.95. The van der Waals surface area contributed by atoms with Gasteiger partial charge in [-0.1, -0.05) is 53.8 Å². The fraction of sp³-hybridized carbons (Fsp3) is 0.114. The maximum Gasteiger partial charge on any atom is 0.271 e. The SMILES string of the molecule is COc1ccc([C@H]2C(C(=O)Nc3ccccc3)=C(C)N=c3s/c(=C/c4cccc(OCc5ccc([N+](=O)[O-])cc5)c4)c(=O)n32)cc1. The topological polar surface area (TPSA) is 125 Å². The van der Waals surface area contributed by atoms with E-state index in [1.807, 2.05) is 48.5 Å². The van der Waals surface area contributed by atoms with Crippen molar-refractivity contribution >= 4 is 34.7 Å². The van der Waals surface area contributed by atoms with Crippen LogP contribution in [0, 0.1) is 10.1 Å². The second-order valence-electron chi connectivity index (χ2n) is 10.5. The number of rotatable bonds is 9. The molecule has 2 heterocycles. The van der Waals surface area contributed by atoms with Crippen molar-refractivity contribution in [2.75, 3.05) is 12.4 Å². The molecule has 0 saturated carbocycles. The molecule has 1 aliphatic rings. The first kappa shape index (κ1) is 30.2. The lowest BCUT2D eigenvalue weighted by Crippen LogP contribution is -2.40. The van der Waals surface area contributed by atoms with E-state index in [0.717, 1.165) is 16.7 Å². The van der Waals surface area contributed by atoms with Gasteiger partial charge in [0.25, 0.3) is 17.2 Å². The van der Waals surface area contributed by atoms with Crippen molar-refractivity contribution in [3.05, 3.63) is 161 Å². The number of methoxy groups -OCH3 is 1. The summed E-state index contributed by atoms with van der Waals surface area (Å²) in [6.07, 6.45) is 1.77. The Hall–Kier alpha value is -5.81. The van der Waals surface area contributed by atoms with E-state index in [0.29, 0.717) is 37.8 Å². The number of para-hydroxylation sites is 1. The number of non-ortho nitro benzene ring substituents is 1. The predicted molar refractivity (Wildman–Crippen MR) is 176 cm³/mol. The van der Waals surface area contributed by atoms with Gasteiger partial charge < -0.3 is 14.8 Å². The van der Waals surface area contributed by atoms with Crippen molar-refractivity contribution in [2.24, 2.45) is 4.99 Å². The fourth-order valence-corrected chi connectivity index (χ4v) is 6.21. The average molecular weight is 633 g/mol. The molecule has 6 rings (SSSR count). The molecule has 0 bridgehead atoms. The number of ether oxygens (including phenoxy) is 2. The number of thiazole rings is 1. The van der Waals surface area contributed by atoms with Crippen molar-refractivity contribution in [2.45, 2.75) is 19.6 Å². The van der Waals surface area contributed by atoms with Crippen LogP contribution < -0.4 is 29.7 Å². The highest BCUT2D eigenvalue weighted by Gasteiger charge is 2.32. The van der Waals surface area contributed by atoms with E-state index in [1.54, 1.807) is 67.1 Å². The minimum atomic E-state index is -0.718. The van der Waals surface area contributed by atoms with Gasteiger partial charge in [0, 0.05) is 17.8 Å². The van der Waals surface area contributed by atoms with Crippen LogP contribution in [0.3, 0.4) is 0 Å². The van der Waals surface area contributed by atoms with Gasteiger partial charge in [-0.25, -0.2) is 4.99 Å². The molecule has 1 atom stereocenters. The van der Waals surface area contributed by atoms with Crippen molar-refractivity contribution in [1.29, 1.82) is 0 Å². The molecule has 11 heteroatoms. The first-order valence-electron chi connectivity index (χ1n) is 14.3. The Morgan fingerprint density at radius 2 is 1.74 bits per heavy atom. The van der Waals surface area contributed by atoms with Crippen molar-refractivity contribution in [1.82, 2.24) is 4.57 Å². The molecule has 0 unspecified atom stereocenters. The molecule has 230 valence electrons. The average Bonchev–Trinajstić information content (AvgIpc) is 3.37. The number of nitro benzene ring substituents is 1. The number of anilines is 1. The van der Waals surface area contributed by atoms with E-state index in [9.17, 15) is 19.7 Å².